The maximum absolute atomic E-state index is 6.31. The van der Waals surface area contributed by atoms with Crippen molar-refractivity contribution in [1.82, 2.24) is 4.98 Å². The number of nitrogens with two attached hydrogens (primary N) is 1. The highest BCUT2D eigenvalue weighted by Gasteiger charge is 2.39. The topological polar surface area (TPSA) is 42.2 Å². The second-order valence-electron chi connectivity index (χ2n) is 6.17. The molecule has 0 aliphatic heterocycles. The largest absolute Gasteiger partial charge is 0.358 e. The Morgan fingerprint density at radius 1 is 1.42 bits per heavy atom. The molecular formula is C15H22ClN3. The molecule has 3 unspecified atom stereocenters. The molecule has 1 aromatic heterocycles. The van der Waals surface area contributed by atoms with Crippen molar-refractivity contribution >= 4 is 17.4 Å². The molecule has 2 aliphatic carbocycles. The van der Waals surface area contributed by atoms with E-state index in [0.717, 1.165) is 35.7 Å². The van der Waals surface area contributed by atoms with Crippen LogP contribution in [0.1, 0.15) is 31.2 Å². The molecule has 0 spiro atoms. The summed E-state index contributed by atoms with van der Waals surface area (Å²) in [6, 6.07) is 1.93. The van der Waals surface area contributed by atoms with Crippen LogP contribution in [0.25, 0.3) is 0 Å². The lowest BCUT2D eigenvalue weighted by Gasteiger charge is -2.28. The highest BCUT2D eigenvalue weighted by Crippen LogP contribution is 2.48. The van der Waals surface area contributed by atoms with Gasteiger partial charge in [-0.15, -0.1) is 0 Å². The third kappa shape index (κ3) is 2.59. The van der Waals surface area contributed by atoms with Crippen molar-refractivity contribution in [1.29, 1.82) is 0 Å². The molecule has 0 aromatic carbocycles. The molecule has 2 fully saturated rings. The lowest BCUT2D eigenvalue weighted by atomic mass is 9.88. The molecule has 2 saturated carbocycles. The highest BCUT2D eigenvalue weighted by atomic mass is 35.5. The normalized spacial score (nSPS) is 28.9. The number of pyridine rings is 1. The molecule has 3 rings (SSSR count). The van der Waals surface area contributed by atoms with Gasteiger partial charge in [0.25, 0.3) is 0 Å². The zero-order valence-corrected chi connectivity index (χ0v) is 12.2. The minimum atomic E-state index is 0.489. The first-order valence-corrected chi connectivity index (χ1v) is 7.60. The molecule has 3 nitrogen and oxygen atoms in total. The molecule has 2 aliphatic rings. The van der Waals surface area contributed by atoms with Crippen molar-refractivity contribution in [2.45, 2.75) is 32.2 Å². The van der Waals surface area contributed by atoms with Gasteiger partial charge in [-0.25, -0.2) is 4.98 Å². The lowest BCUT2D eigenvalue weighted by molar-refractivity contribution is 0.337. The minimum absolute atomic E-state index is 0.489. The van der Waals surface area contributed by atoms with E-state index in [0.29, 0.717) is 11.6 Å². The van der Waals surface area contributed by atoms with Gasteiger partial charge in [-0.2, -0.15) is 0 Å². The Kier molecular flexibility index (Phi) is 3.68. The zero-order valence-electron chi connectivity index (χ0n) is 11.5. The minimum Gasteiger partial charge on any atom is -0.358 e. The summed E-state index contributed by atoms with van der Waals surface area (Å²) >= 11 is 6.31. The van der Waals surface area contributed by atoms with Gasteiger partial charge >= 0.3 is 0 Å². The lowest BCUT2D eigenvalue weighted by Crippen LogP contribution is -2.29. The number of hydrogen-bond donors (Lipinski definition) is 1. The van der Waals surface area contributed by atoms with Crippen molar-refractivity contribution in [3.8, 4) is 0 Å². The van der Waals surface area contributed by atoms with E-state index < -0.39 is 0 Å². The summed E-state index contributed by atoms with van der Waals surface area (Å²) in [6.07, 6.45) is 7.56. The summed E-state index contributed by atoms with van der Waals surface area (Å²) in [6.45, 7) is 1.57. The number of aromatic nitrogens is 1. The zero-order chi connectivity index (χ0) is 13.4. The van der Waals surface area contributed by atoms with E-state index in [1.54, 1.807) is 0 Å². The Bertz CT molecular complexity index is 463. The molecule has 19 heavy (non-hydrogen) atoms. The third-order valence-electron chi connectivity index (χ3n) is 4.87. The van der Waals surface area contributed by atoms with Crippen LogP contribution in [0.15, 0.2) is 12.3 Å². The Labute approximate surface area is 120 Å². The van der Waals surface area contributed by atoms with Gasteiger partial charge in [0.05, 0.1) is 5.02 Å². The van der Waals surface area contributed by atoms with E-state index in [1.807, 2.05) is 12.3 Å². The van der Waals surface area contributed by atoms with Crippen LogP contribution in [0.4, 0.5) is 5.82 Å². The molecule has 0 amide bonds. The van der Waals surface area contributed by atoms with Crippen LogP contribution in [0, 0.1) is 17.8 Å². The van der Waals surface area contributed by atoms with E-state index in [1.165, 1.54) is 25.7 Å². The van der Waals surface area contributed by atoms with E-state index in [-0.39, 0.29) is 0 Å². The van der Waals surface area contributed by atoms with Crippen LogP contribution in [0.3, 0.4) is 0 Å². The SMILES string of the molecule is CN(CC1CC2CCC1C2)c1ncc(CN)cc1Cl. The van der Waals surface area contributed by atoms with Gasteiger partial charge in [-0.3, -0.25) is 0 Å². The fourth-order valence-electron chi connectivity index (χ4n) is 3.90. The van der Waals surface area contributed by atoms with Gasteiger partial charge in [0, 0.05) is 26.3 Å². The first-order valence-electron chi connectivity index (χ1n) is 7.23. The van der Waals surface area contributed by atoms with Crippen molar-refractivity contribution in [3.05, 3.63) is 22.8 Å². The van der Waals surface area contributed by atoms with Crippen molar-refractivity contribution < 1.29 is 0 Å². The number of halogens is 1. The first kappa shape index (κ1) is 13.2. The quantitative estimate of drug-likeness (QED) is 0.921. The predicted octanol–water partition coefficient (Wildman–Crippen LogP) is 3.07. The standard InChI is InChI=1S/C15H22ClN3/c1-19(9-13-5-10-2-3-12(13)4-10)15-14(16)6-11(7-17)8-18-15/h6,8,10,12-13H,2-5,7,9,17H2,1H3. The third-order valence-corrected chi connectivity index (χ3v) is 5.15. The summed E-state index contributed by atoms with van der Waals surface area (Å²) in [7, 11) is 2.10. The van der Waals surface area contributed by atoms with Gasteiger partial charge in [0.15, 0.2) is 0 Å². The van der Waals surface area contributed by atoms with Crippen molar-refractivity contribution in [3.63, 3.8) is 0 Å². The summed E-state index contributed by atoms with van der Waals surface area (Å²) < 4.78 is 0. The number of anilines is 1. The Morgan fingerprint density at radius 2 is 2.26 bits per heavy atom. The molecule has 2 N–H and O–H groups in total. The monoisotopic (exact) mass is 279 g/mol. The fraction of sp³-hybridized carbons (Fsp3) is 0.667. The summed E-state index contributed by atoms with van der Waals surface area (Å²) in [5.74, 6) is 3.65. The second-order valence-corrected chi connectivity index (χ2v) is 6.58. The Morgan fingerprint density at radius 3 is 2.84 bits per heavy atom. The number of fused-ring (bicyclic) bond motifs is 2. The van der Waals surface area contributed by atoms with E-state index in [2.05, 4.69) is 16.9 Å². The molecular weight excluding hydrogens is 258 g/mol. The molecule has 104 valence electrons. The van der Waals surface area contributed by atoms with Crippen LogP contribution < -0.4 is 10.6 Å². The molecule has 3 atom stereocenters. The number of rotatable bonds is 4. The molecule has 1 aromatic rings. The Balaban J connectivity index is 1.68. The van der Waals surface area contributed by atoms with Crippen LogP contribution >= 0.6 is 11.6 Å². The van der Waals surface area contributed by atoms with Gasteiger partial charge in [0.1, 0.15) is 5.82 Å². The van der Waals surface area contributed by atoms with Gasteiger partial charge in [-0.1, -0.05) is 18.0 Å². The molecule has 0 radical (unpaired) electrons. The van der Waals surface area contributed by atoms with Gasteiger partial charge in [-0.05, 0) is 48.6 Å². The average molecular weight is 280 g/mol. The maximum atomic E-state index is 6.31. The fourth-order valence-corrected chi connectivity index (χ4v) is 4.23. The van der Waals surface area contributed by atoms with Crippen LogP contribution in [0.2, 0.25) is 5.02 Å². The van der Waals surface area contributed by atoms with E-state index in [9.17, 15) is 0 Å². The second kappa shape index (κ2) is 5.29. The van der Waals surface area contributed by atoms with Crippen LogP contribution in [-0.4, -0.2) is 18.6 Å². The average Bonchev–Trinajstić information content (AvgIpc) is 3.00. The smallest absolute Gasteiger partial charge is 0.147 e. The predicted molar refractivity (Wildman–Crippen MR) is 79.3 cm³/mol. The molecule has 4 heteroatoms. The molecule has 2 bridgehead atoms. The molecule has 1 heterocycles. The van der Waals surface area contributed by atoms with Gasteiger partial charge < -0.3 is 10.6 Å². The maximum Gasteiger partial charge on any atom is 0.147 e. The number of nitrogens with zero attached hydrogens (tertiary/aromatic N) is 2. The van der Waals surface area contributed by atoms with E-state index >= 15 is 0 Å². The van der Waals surface area contributed by atoms with Crippen molar-refractivity contribution in [2.24, 2.45) is 23.5 Å². The number of hydrogen-bond acceptors (Lipinski definition) is 3. The highest BCUT2D eigenvalue weighted by molar-refractivity contribution is 6.33. The summed E-state index contributed by atoms with van der Waals surface area (Å²) in [5.41, 5.74) is 6.59. The molecule has 0 saturated heterocycles. The van der Waals surface area contributed by atoms with Gasteiger partial charge in [0.2, 0.25) is 0 Å². The summed E-state index contributed by atoms with van der Waals surface area (Å²) in [4.78, 5) is 6.68. The van der Waals surface area contributed by atoms with Crippen LogP contribution in [-0.2, 0) is 6.54 Å². The van der Waals surface area contributed by atoms with Crippen molar-refractivity contribution in [2.75, 3.05) is 18.5 Å². The van der Waals surface area contributed by atoms with Crippen LogP contribution in [0.5, 0.6) is 0 Å². The Hall–Kier alpha value is -0.800. The summed E-state index contributed by atoms with van der Waals surface area (Å²) in [5, 5.41) is 0.716. The first-order chi connectivity index (χ1) is 9.17. The van der Waals surface area contributed by atoms with E-state index in [4.69, 9.17) is 17.3 Å².